The van der Waals surface area contributed by atoms with Crippen LogP contribution in [0.3, 0.4) is 0 Å². The monoisotopic (exact) mass is 232 g/mol. The lowest BCUT2D eigenvalue weighted by molar-refractivity contribution is 0.150. The molecule has 2 aromatic heterocycles. The molecular formula is C13H16N2O2. The first-order valence-corrected chi connectivity index (χ1v) is 5.94. The molecule has 0 saturated heterocycles. The Labute approximate surface area is 99.9 Å². The fraction of sp³-hybridized carbons (Fsp3) is 0.462. The number of hydrogen-bond donors (Lipinski definition) is 1. The highest BCUT2D eigenvalue weighted by atomic mass is 16.3. The van der Waals surface area contributed by atoms with E-state index in [1.807, 2.05) is 24.9 Å². The van der Waals surface area contributed by atoms with Gasteiger partial charge in [0.15, 0.2) is 0 Å². The average Bonchev–Trinajstić information content (AvgIpc) is 2.83. The SMILES string of the molecule is Cc1c(-c2cc3c(o2)CC(O)CC3)cnn1C. The van der Waals surface area contributed by atoms with E-state index >= 15 is 0 Å². The van der Waals surface area contributed by atoms with Crippen molar-refractivity contribution in [1.82, 2.24) is 9.78 Å². The molecule has 0 aromatic carbocycles. The molecular weight excluding hydrogens is 216 g/mol. The third-order valence-electron chi connectivity index (χ3n) is 3.57. The molecule has 0 aliphatic heterocycles. The van der Waals surface area contributed by atoms with Gasteiger partial charge in [0, 0.05) is 19.2 Å². The van der Waals surface area contributed by atoms with Crippen LogP contribution in [0.1, 0.15) is 23.4 Å². The van der Waals surface area contributed by atoms with Crippen molar-refractivity contribution in [2.24, 2.45) is 7.05 Å². The molecule has 1 aliphatic rings. The zero-order valence-corrected chi connectivity index (χ0v) is 10.1. The number of hydrogen-bond acceptors (Lipinski definition) is 3. The smallest absolute Gasteiger partial charge is 0.137 e. The van der Waals surface area contributed by atoms with Gasteiger partial charge in [-0.1, -0.05) is 0 Å². The second kappa shape index (κ2) is 3.74. The van der Waals surface area contributed by atoms with E-state index in [2.05, 4.69) is 11.2 Å². The van der Waals surface area contributed by atoms with Gasteiger partial charge in [0.2, 0.25) is 0 Å². The van der Waals surface area contributed by atoms with Gasteiger partial charge in [0.1, 0.15) is 11.5 Å². The molecule has 0 fully saturated rings. The van der Waals surface area contributed by atoms with Gasteiger partial charge in [-0.2, -0.15) is 5.10 Å². The standard InChI is InChI=1S/C13H16N2O2/c1-8-11(7-14-15(8)2)13-5-9-3-4-10(16)6-12(9)17-13/h5,7,10,16H,3-4,6H2,1-2H3. The Kier molecular flexibility index (Phi) is 2.33. The predicted molar refractivity (Wildman–Crippen MR) is 63.7 cm³/mol. The summed E-state index contributed by atoms with van der Waals surface area (Å²) in [6, 6.07) is 2.09. The van der Waals surface area contributed by atoms with Crippen molar-refractivity contribution < 1.29 is 9.52 Å². The van der Waals surface area contributed by atoms with Crippen molar-refractivity contribution in [3.05, 3.63) is 29.3 Å². The fourth-order valence-corrected chi connectivity index (χ4v) is 2.36. The molecule has 0 radical (unpaired) electrons. The molecule has 2 aromatic rings. The second-order valence-corrected chi connectivity index (χ2v) is 4.72. The summed E-state index contributed by atoms with van der Waals surface area (Å²) in [4.78, 5) is 0. The van der Waals surface area contributed by atoms with Crippen molar-refractivity contribution >= 4 is 0 Å². The lowest BCUT2D eigenvalue weighted by atomic mass is 9.96. The minimum absolute atomic E-state index is 0.253. The number of fused-ring (bicyclic) bond motifs is 1. The molecule has 0 saturated carbocycles. The molecule has 2 heterocycles. The van der Waals surface area contributed by atoms with Gasteiger partial charge >= 0.3 is 0 Å². The fourth-order valence-electron chi connectivity index (χ4n) is 2.36. The Morgan fingerprint density at radius 3 is 3.06 bits per heavy atom. The van der Waals surface area contributed by atoms with Crippen molar-refractivity contribution in [2.75, 3.05) is 0 Å². The molecule has 1 atom stereocenters. The van der Waals surface area contributed by atoms with E-state index in [0.29, 0.717) is 6.42 Å². The third-order valence-corrected chi connectivity index (χ3v) is 3.57. The number of furan rings is 1. The van der Waals surface area contributed by atoms with Crippen LogP contribution < -0.4 is 0 Å². The van der Waals surface area contributed by atoms with Crippen molar-refractivity contribution in [3.63, 3.8) is 0 Å². The van der Waals surface area contributed by atoms with Gasteiger partial charge in [-0.05, 0) is 31.4 Å². The Morgan fingerprint density at radius 1 is 1.53 bits per heavy atom. The van der Waals surface area contributed by atoms with E-state index in [0.717, 1.165) is 35.6 Å². The summed E-state index contributed by atoms with van der Waals surface area (Å²) in [6.45, 7) is 2.03. The summed E-state index contributed by atoms with van der Waals surface area (Å²) in [5, 5.41) is 13.8. The first-order chi connectivity index (χ1) is 8.15. The van der Waals surface area contributed by atoms with Crippen LogP contribution in [0.4, 0.5) is 0 Å². The molecule has 3 rings (SSSR count). The number of nitrogens with zero attached hydrogens (tertiary/aromatic N) is 2. The van der Waals surface area contributed by atoms with Crippen LogP contribution in [0, 0.1) is 6.92 Å². The van der Waals surface area contributed by atoms with E-state index in [1.54, 1.807) is 0 Å². The molecule has 17 heavy (non-hydrogen) atoms. The van der Waals surface area contributed by atoms with Crippen LogP contribution in [0.5, 0.6) is 0 Å². The molecule has 1 unspecified atom stereocenters. The maximum atomic E-state index is 9.62. The Hall–Kier alpha value is -1.55. The number of aromatic nitrogens is 2. The zero-order chi connectivity index (χ0) is 12.0. The summed E-state index contributed by atoms with van der Waals surface area (Å²) < 4.78 is 7.68. The van der Waals surface area contributed by atoms with Crippen LogP contribution in [-0.4, -0.2) is 21.0 Å². The van der Waals surface area contributed by atoms with Gasteiger partial charge in [-0.15, -0.1) is 0 Å². The van der Waals surface area contributed by atoms with E-state index in [4.69, 9.17) is 4.42 Å². The van der Waals surface area contributed by atoms with Gasteiger partial charge in [0.25, 0.3) is 0 Å². The third kappa shape index (κ3) is 1.69. The summed E-state index contributed by atoms with van der Waals surface area (Å²) in [5.74, 6) is 1.80. The first-order valence-electron chi connectivity index (χ1n) is 5.94. The van der Waals surface area contributed by atoms with Gasteiger partial charge in [-0.25, -0.2) is 0 Å². The van der Waals surface area contributed by atoms with Crippen LogP contribution in [-0.2, 0) is 19.9 Å². The maximum Gasteiger partial charge on any atom is 0.137 e. The van der Waals surface area contributed by atoms with Gasteiger partial charge in [0.05, 0.1) is 17.9 Å². The highest BCUT2D eigenvalue weighted by Crippen LogP contribution is 2.31. The number of aliphatic hydroxyl groups excluding tert-OH is 1. The summed E-state index contributed by atoms with van der Waals surface area (Å²) in [5.41, 5.74) is 3.36. The molecule has 0 bridgehead atoms. The largest absolute Gasteiger partial charge is 0.461 e. The maximum absolute atomic E-state index is 9.62. The summed E-state index contributed by atoms with van der Waals surface area (Å²) in [6.07, 6.45) is 3.94. The van der Waals surface area contributed by atoms with Crippen molar-refractivity contribution in [3.8, 4) is 11.3 Å². The normalized spacial score (nSPS) is 19.4. The molecule has 1 aliphatic carbocycles. The Morgan fingerprint density at radius 2 is 2.35 bits per heavy atom. The number of rotatable bonds is 1. The molecule has 0 spiro atoms. The summed E-state index contributed by atoms with van der Waals surface area (Å²) in [7, 11) is 1.92. The van der Waals surface area contributed by atoms with E-state index in [1.165, 1.54) is 5.56 Å². The minimum atomic E-state index is -0.253. The van der Waals surface area contributed by atoms with Crippen LogP contribution in [0.25, 0.3) is 11.3 Å². The first kappa shape index (κ1) is 10.6. The molecule has 1 N–H and O–H groups in total. The predicted octanol–water partition coefficient (Wildman–Crippen LogP) is 1.84. The van der Waals surface area contributed by atoms with E-state index in [-0.39, 0.29) is 6.10 Å². The lowest BCUT2D eigenvalue weighted by Crippen LogP contribution is -2.16. The van der Waals surface area contributed by atoms with Gasteiger partial charge in [-0.3, -0.25) is 4.68 Å². The second-order valence-electron chi connectivity index (χ2n) is 4.72. The molecule has 90 valence electrons. The van der Waals surface area contributed by atoms with Crippen LogP contribution in [0.2, 0.25) is 0 Å². The molecule has 4 nitrogen and oxygen atoms in total. The van der Waals surface area contributed by atoms with Crippen molar-refractivity contribution in [1.29, 1.82) is 0 Å². The number of aryl methyl sites for hydroxylation is 2. The van der Waals surface area contributed by atoms with Crippen LogP contribution in [0.15, 0.2) is 16.7 Å². The lowest BCUT2D eigenvalue weighted by Gasteiger charge is -2.14. The van der Waals surface area contributed by atoms with Crippen LogP contribution >= 0.6 is 0 Å². The number of aliphatic hydroxyl groups is 1. The quantitative estimate of drug-likeness (QED) is 0.816. The average molecular weight is 232 g/mol. The zero-order valence-electron chi connectivity index (χ0n) is 10.1. The Balaban J connectivity index is 2.03. The minimum Gasteiger partial charge on any atom is -0.461 e. The van der Waals surface area contributed by atoms with Crippen molar-refractivity contribution in [2.45, 2.75) is 32.3 Å². The highest BCUT2D eigenvalue weighted by Gasteiger charge is 2.22. The molecule has 0 amide bonds. The molecule has 4 heteroatoms. The highest BCUT2D eigenvalue weighted by molar-refractivity contribution is 5.61. The van der Waals surface area contributed by atoms with E-state index in [9.17, 15) is 5.11 Å². The van der Waals surface area contributed by atoms with E-state index < -0.39 is 0 Å². The van der Waals surface area contributed by atoms with Gasteiger partial charge < -0.3 is 9.52 Å². The topological polar surface area (TPSA) is 51.2 Å². The Bertz CT molecular complexity index is 554. The summed E-state index contributed by atoms with van der Waals surface area (Å²) >= 11 is 0.